The molecule has 9 heteroatoms. The molecule has 1 unspecified atom stereocenters. The Bertz CT molecular complexity index is 494. The van der Waals surface area contributed by atoms with Crippen LogP contribution in [0.25, 0.3) is 0 Å². The lowest BCUT2D eigenvalue weighted by Gasteiger charge is -2.25. The highest BCUT2D eigenvalue weighted by atomic mass is 19.1. The molecule has 0 aromatic carbocycles. The first-order valence-electron chi connectivity index (χ1n) is 5.67. The smallest absolute Gasteiger partial charge is 0.279 e. The lowest BCUT2D eigenvalue weighted by atomic mass is 10.1. The quantitative estimate of drug-likeness (QED) is 0.608. The predicted molar refractivity (Wildman–Crippen MR) is 61.7 cm³/mol. The summed E-state index contributed by atoms with van der Waals surface area (Å²) >= 11 is 0. The molecule has 1 saturated heterocycles. The molecule has 0 spiro atoms. The van der Waals surface area contributed by atoms with Crippen molar-refractivity contribution in [2.75, 3.05) is 6.61 Å². The predicted octanol–water partition coefficient (Wildman–Crippen LogP) is -1.92. The van der Waals surface area contributed by atoms with E-state index in [2.05, 4.69) is 15.0 Å². The number of nitrogens with zero attached hydrogens (tertiary/aromatic N) is 4. The molecule has 0 saturated carbocycles. The molecule has 19 heavy (non-hydrogen) atoms. The van der Waals surface area contributed by atoms with Crippen molar-refractivity contribution in [1.29, 1.82) is 0 Å². The van der Waals surface area contributed by atoms with E-state index in [0.29, 0.717) is 0 Å². The van der Waals surface area contributed by atoms with Gasteiger partial charge in [-0.05, 0) is 0 Å². The molecule has 5 atom stereocenters. The Morgan fingerprint density at radius 3 is 3.00 bits per heavy atom. The molecule has 0 bridgehead atoms. The number of carbonyl (C=O) groups is 1. The van der Waals surface area contributed by atoms with Crippen molar-refractivity contribution in [3.8, 4) is 0 Å². The highest BCUT2D eigenvalue weighted by Gasteiger charge is 2.50. The lowest BCUT2D eigenvalue weighted by molar-refractivity contribution is -0.117. The summed E-state index contributed by atoms with van der Waals surface area (Å²) in [5.74, 6) is -0.283. The fourth-order valence-electron chi connectivity index (χ4n) is 2.21. The largest absolute Gasteiger partial charge is 0.394 e. The molecule has 0 aliphatic carbocycles. The molecule has 8 nitrogen and oxygen atoms in total. The Balaban J connectivity index is 1.85. The minimum Gasteiger partial charge on any atom is -0.394 e. The van der Waals surface area contributed by atoms with Crippen molar-refractivity contribution >= 4 is 24.4 Å². The highest BCUT2D eigenvalue weighted by molar-refractivity contribution is 6.19. The summed E-state index contributed by atoms with van der Waals surface area (Å²) in [6, 6.07) is -0.883. The zero-order valence-corrected chi connectivity index (χ0v) is 9.63. The number of aliphatic imine (C=N–C) groups is 3. The van der Waals surface area contributed by atoms with Crippen LogP contribution in [0, 0.1) is 0 Å². The molecular weight excluding hydrogens is 259 g/mol. The molecule has 0 radical (unpaired) electrons. The van der Waals surface area contributed by atoms with Crippen molar-refractivity contribution in [1.82, 2.24) is 4.90 Å². The number of carbonyl (C=O) groups excluding carboxylic acids is 1. The molecule has 2 N–H and O–H groups in total. The van der Waals surface area contributed by atoms with E-state index < -0.39 is 43.2 Å². The van der Waals surface area contributed by atoms with Gasteiger partial charge in [0, 0.05) is 0 Å². The highest BCUT2D eigenvalue weighted by Crippen LogP contribution is 2.28. The van der Waals surface area contributed by atoms with Gasteiger partial charge >= 0.3 is 0 Å². The molecule has 1 fully saturated rings. The van der Waals surface area contributed by atoms with E-state index in [9.17, 15) is 14.3 Å². The number of hydrogen-bond acceptors (Lipinski definition) is 7. The number of aliphatic hydroxyl groups excluding tert-OH is 2. The molecule has 3 rings (SSSR count). The van der Waals surface area contributed by atoms with Crippen molar-refractivity contribution in [3.05, 3.63) is 0 Å². The monoisotopic (exact) mass is 270 g/mol. The van der Waals surface area contributed by atoms with Crippen LogP contribution in [-0.4, -0.2) is 76.8 Å². The maximum atomic E-state index is 14.0. The maximum absolute atomic E-state index is 14.0. The van der Waals surface area contributed by atoms with Crippen LogP contribution in [-0.2, 0) is 9.53 Å². The van der Waals surface area contributed by atoms with Crippen molar-refractivity contribution < 1.29 is 24.1 Å². The van der Waals surface area contributed by atoms with Crippen molar-refractivity contribution in [3.63, 3.8) is 0 Å². The van der Waals surface area contributed by atoms with Gasteiger partial charge in [-0.15, -0.1) is 0 Å². The Hall–Kier alpha value is -1.71. The Morgan fingerprint density at radius 2 is 2.32 bits per heavy atom. The van der Waals surface area contributed by atoms with E-state index in [-0.39, 0.29) is 5.84 Å². The van der Waals surface area contributed by atoms with E-state index in [0.717, 1.165) is 6.34 Å². The van der Waals surface area contributed by atoms with E-state index in [1.165, 1.54) is 11.2 Å². The van der Waals surface area contributed by atoms with Crippen molar-refractivity contribution in [2.24, 2.45) is 15.0 Å². The number of amidine groups is 1. The Labute approximate surface area is 106 Å². The van der Waals surface area contributed by atoms with E-state index in [4.69, 9.17) is 9.84 Å². The molecule has 102 valence electrons. The van der Waals surface area contributed by atoms with Crippen LogP contribution in [0.3, 0.4) is 0 Å². The van der Waals surface area contributed by atoms with Gasteiger partial charge in [-0.25, -0.2) is 9.38 Å². The van der Waals surface area contributed by atoms with E-state index >= 15 is 0 Å². The summed E-state index contributed by atoms with van der Waals surface area (Å²) in [4.78, 5) is 24.0. The molecule has 3 heterocycles. The van der Waals surface area contributed by atoms with Crippen LogP contribution in [0.15, 0.2) is 15.0 Å². The third kappa shape index (κ3) is 1.78. The van der Waals surface area contributed by atoms with Crippen LogP contribution in [0.2, 0.25) is 0 Å². The number of alkyl halides is 1. The van der Waals surface area contributed by atoms with Crippen LogP contribution >= 0.6 is 0 Å². The molecule has 0 aromatic rings. The zero-order chi connectivity index (χ0) is 13.6. The number of ether oxygens (including phenoxy) is 1. The maximum Gasteiger partial charge on any atom is 0.279 e. The molecule has 3 aliphatic heterocycles. The third-order valence-electron chi connectivity index (χ3n) is 3.21. The molecule has 3 aliphatic rings. The summed E-state index contributed by atoms with van der Waals surface area (Å²) < 4.78 is 19.2. The first-order chi connectivity index (χ1) is 9.13. The van der Waals surface area contributed by atoms with E-state index in [1.54, 1.807) is 0 Å². The second-order valence-corrected chi connectivity index (χ2v) is 4.33. The van der Waals surface area contributed by atoms with Gasteiger partial charge in [-0.1, -0.05) is 0 Å². The lowest BCUT2D eigenvalue weighted by Crippen LogP contribution is -2.46. The SMILES string of the molecule is O=C1N=CN=C2C1N=CN2[C@@H]1O[C@H](CO)[C@@H](O)[C@@H]1F. The summed E-state index contributed by atoms with van der Waals surface area (Å²) in [5.41, 5.74) is 0. The first-order valence-corrected chi connectivity index (χ1v) is 5.67. The fourth-order valence-corrected chi connectivity index (χ4v) is 2.21. The number of aliphatic hydroxyl groups is 2. The number of fused-ring (bicyclic) bond motifs is 1. The fraction of sp³-hybridized carbons (Fsp3) is 0.600. The van der Waals surface area contributed by atoms with Gasteiger partial charge in [0.25, 0.3) is 5.91 Å². The average Bonchev–Trinajstić information content (AvgIpc) is 2.94. The normalized spacial score (nSPS) is 40.8. The minimum absolute atomic E-state index is 0.207. The van der Waals surface area contributed by atoms with Gasteiger partial charge in [0.05, 0.1) is 12.9 Å². The van der Waals surface area contributed by atoms with Gasteiger partial charge in [0.1, 0.15) is 24.4 Å². The number of rotatable bonds is 2. The van der Waals surface area contributed by atoms with Gasteiger partial charge in [0.15, 0.2) is 18.4 Å². The number of halogens is 1. The van der Waals surface area contributed by atoms with Gasteiger partial charge in [0.2, 0.25) is 0 Å². The first kappa shape index (κ1) is 12.3. The summed E-state index contributed by atoms with van der Waals surface area (Å²) in [6.07, 6.45) is -3.05. The zero-order valence-electron chi connectivity index (χ0n) is 9.63. The Morgan fingerprint density at radius 1 is 1.53 bits per heavy atom. The summed E-state index contributed by atoms with van der Waals surface area (Å²) in [6.45, 7) is -0.501. The standard InChI is InChI=1S/C10H11FN4O4/c11-5-7(17)4(1-16)19-10(5)15-3-14-6-8(15)12-2-13-9(6)18/h2-7,10,16-17H,1H2/t4-,5+,6?,7-,10-/m1/s1. The number of hydrogen-bond donors (Lipinski definition) is 2. The van der Waals surface area contributed by atoms with Crippen molar-refractivity contribution in [2.45, 2.75) is 30.6 Å². The number of amides is 1. The molecule has 0 aromatic heterocycles. The van der Waals surface area contributed by atoms with E-state index in [1.807, 2.05) is 0 Å². The van der Waals surface area contributed by atoms with Crippen LogP contribution in [0.5, 0.6) is 0 Å². The second kappa shape index (κ2) is 4.44. The molecular formula is C10H11FN4O4. The van der Waals surface area contributed by atoms with Crippen LogP contribution < -0.4 is 0 Å². The second-order valence-electron chi connectivity index (χ2n) is 4.33. The topological polar surface area (TPSA) is 107 Å². The Kier molecular flexibility index (Phi) is 2.88. The van der Waals surface area contributed by atoms with Gasteiger partial charge in [-0.2, -0.15) is 4.99 Å². The summed E-state index contributed by atoms with van der Waals surface area (Å²) in [7, 11) is 0. The average molecular weight is 270 g/mol. The van der Waals surface area contributed by atoms with Gasteiger partial charge < -0.3 is 14.9 Å². The van der Waals surface area contributed by atoms with Crippen LogP contribution in [0.1, 0.15) is 0 Å². The van der Waals surface area contributed by atoms with Crippen LogP contribution in [0.4, 0.5) is 4.39 Å². The molecule has 1 amide bonds. The van der Waals surface area contributed by atoms with Gasteiger partial charge in [-0.3, -0.25) is 14.7 Å². The summed E-state index contributed by atoms with van der Waals surface area (Å²) in [5, 5.41) is 18.6. The minimum atomic E-state index is -1.74. The third-order valence-corrected chi connectivity index (χ3v) is 3.21.